The third-order valence-electron chi connectivity index (χ3n) is 7.39. The number of ether oxygens (including phenoxy) is 2. The van der Waals surface area contributed by atoms with Crippen LogP contribution in [0.15, 0.2) is 0 Å². The highest BCUT2D eigenvalue weighted by Gasteiger charge is 2.48. The van der Waals surface area contributed by atoms with Crippen LogP contribution in [0.4, 0.5) is 22.0 Å². The maximum Gasteiger partial charge on any atom is 0.358 e. The zero-order chi connectivity index (χ0) is 21.7. The number of hydrogen-bond donors (Lipinski definition) is 0. The van der Waals surface area contributed by atoms with Gasteiger partial charge in [-0.15, -0.1) is 0 Å². The van der Waals surface area contributed by atoms with Gasteiger partial charge in [0.15, 0.2) is 6.17 Å². The fourth-order valence-corrected chi connectivity index (χ4v) is 5.44. The lowest BCUT2D eigenvalue weighted by Gasteiger charge is -2.40. The Morgan fingerprint density at radius 3 is 2.13 bits per heavy atom. The minimum atomic E-state index is -3.43. The molecule has 7 heteroatoms. The second kappa shape index (κ2) is 10.9. The molecule has 1 saturated heterocycles. The summed E-state index contributed by atoms with van der Waals surface area (Å²) in [5.41, 5.74) is 0. The van der Waals surface area contributed by atoms with Crippen LogP contribution in [0.1, 0.15) is 84.0 Å². The predicted octanol–water partition coefficient (Wildman–Crippen LogP) is 6.95. The molecule has 3 aliphatic rings. The summed E-state index contributed by atoms with van der Waals surface area (Å²) in [5, 5.41) is 0. The minimum absolute atomic E-state index is 0.155. The van der Waals surface area contributed by atoms with E-state index in [9.17, 15) is 22.0 Å². The fraction of sp³-hybridized carbons (Fsp3) is 1.00. The molecule has 0 spiro atoms. The first-order chi connectivity index (χ1) is 14.3. The van der Waals surface area contributed by atoms with Gasteiger partial charge in [0.1, 0.15) is 12.3 Å². The fourth-order valence-electron chi connectivity index (χ4n) is 5.44. The third kappa shape index (κ3) is 6.30. The van der Waals surface area contributed by atoms with E-state index in [1.54, 1.807) is 0 Å². The summed E-state index contributed by atoms with van der Waals surface area (Å²) in [7, 11) is 0. The maximum atomic E-state index is 14.6. The van der Waals surface area contributed by atoms with Crippen molar-refractivity contribution in [2.45, 2.75) is 121 Å². The molecule has 30 heavy (non-hydrogen) atoms. The van der Waals surface area contributed by atoms with Crippen LogP contribution in [0.3, 0.4) is 0 Å². The van der Waals surface area contributed by atoms with E-state index in [4.69, 9.17) is 9.47 Å². The monoisotopic (exact) mass is 440 g/mol. The molecule has 0 radical (unpaired) electrons. The number of alkyl halides is 5. The normalized spacial score (nSPS) is 41.0. The van der Waals surface area contributed by atoms with Crippen molar-refractivity contribution in [2.24, 2.45) is 17.8 Å². The van der Waals surface area contributed by atoms with Gasteiger partial charge in [0.05, 0.1) is 18.1 Å². The average molecular weight is 441 g/mol. The van der Waals surface area contributed by atoms with E-state index in [1.807, 2.05) is 0 Å². The van der Waals surface area contributed by atoms with E-state index < -0.39 is 49.5 Å². The Hall–Kier alpha value is -0.430. The van der Waals surface area contributed by atoms with Crippen molar-refractivity contribution in [1.29, 1.82) is 0 Å². The van der Waals surface area contributed by atoms with Crippen LogP contribution < -0.4 is 0 Å². The molecule has 0 aromatic carbocycles. The van der Waals surface area contributed by atoms with Gasteiger partial charge in [-0.3, -0.25) is 0 Å². The molecule has 0 aromatic rings. The molecule has 0 aromatic heterocycles. The smallest absolute Gasteiger partial charge is 0.358 e. The van der Waals surface area contributed by atoms with Crippen LogP contribution >= 0.6 is 0 Å². The lowest BCUT2D eigenvalue weighted by Crippen LogP contribution is -2.45. The summed E-state index contributed by atoms with van der Waals surface area (Å²) < 4.78 is 80.5. The summed E-state index contributed by atoms with van der Waals surface area (Å²) in [5.74, 6) is -0.0423. The topological polar surface area (TPSA) is 18.5 Å². The Morgan fingerprint density at radius 1 is 0.900 bits per heavy atom. The Kier molecular flexibility index (Phi) is 8.82. The standard InChI is InChI=1S/C23H37F5O2/c1-2-3-4-5-15-6-11-21(29-14-15)16-7-9-17(10-8-16)23(27,28)30-18-12-19(24)22(26)20(25)13-18/h15-22H,2-14H2,1H3. The van der Waals surface area contributed by atoms with E-state index in [0.29, 0.717) is 37.5 Å². The summed E-state index contributed by atoms with van der Waals surface area (Å²) in [6.07, 6.45) is -2.97. The highest BCUT2D eigenvalue weighted by atomic mass is 19.3. The van der Waals surface area contributed by atoms with Crippen molar-refractivity contribution < 1.29 is 31.4 Å². The molecular formula is C23H37F5O2. The molecule has 4 atom stereocenters. The highest BCUT2D eigenvalue weighted by Crippen LogP contribution is 2.44. The third-order valence-corrected chi connectivity index (χ3v) is 7.39. The molecule has 4 unspecified atom stereocenters. The Morgan fingerprint density at radius 2 is 1.57 bits per heavy atom. The zero-order valence-electron chi connectivity index (χ0n) is 18.0. The van der Waals surface area contributed by atoms with E-state index in [0.717, 1.165) is 19.4 Å². The van der Waals surface area contributed by atoms with E-state index >= 15 is 0 Å². The number of rotatable bonds is 8. The van der Waals surface area contributed by atoms with Crippen molar-refractivity contribution in [3.8, 4) is 0 Å². The lowest BCUT2D eigenvalue weighted by molar-refractivity contribution is -0.307. The van der Waals surface area contributed by atoms with Gasteiger partial charge in [0, 0.05) is 19.4 Å². The Labute approximate surface area is 177 Å². The van der Waals surface area contributed by atoms with Gasteiger partial charge in [-0.25, -0.2) is 13.2 Å². The van der Waals surface area contributed by atoms with Crippen molar-refractivity contribution >= 4 is 0 Å². The van der Waals surface area contributed by atoms with Crippen molar-refractivity contribution in [3.63, 3.8) is 0 Å². The van der Waals surface area contributed by atoms with Gasteiger partial charge in [0.2, 0.25) is 0 Å². The first-order valence-corrected chi connectivity index (χ1v) is 11.9. The summed E-state index contributed by atoms with van der Waals surface area (Å²) in [6, 6.07) is 0. The molecule has 3 rings (SSSR count). The van der Waals surface area contributed by atoms with Crippen LogP contribution in [-0.2, 0) is 9.47 Å². The lowest BCUT2D eigenvalue weighted by atomic mass is 9.76. The summed E-state index contributed by atoms with van der Waals surface area (Å²) >= 11 is 0. The molecule has 2 saturated carbocycles. The van der Waals surface area contributed by atoms with Crippen molar-refractivity contribution in [3.05, 3.63) is 0 Å². The van der Waals surface area contributed by atoms with E-state index in [-0.39, 0.29) is 6.10 Å². The second-order valence-corrected chi connectivity index (χ2v) is 9.67. The van der Waals surface area contributed by atoms with Crippen LogP contribution in [0, 0.1) is 17.8 Å². The van der Waals surface area contributed by atoms with Crippen molar-refractivity contribution in [2.75, 3.05) is 6.61 Å². The molecule has 176 valence electrons. The summed E-state index contributed by atoms with van der Waals surface area (Å²) in [6.45, 7) is 2.97. The van der Waals surface area contributed by atoms with Crippen LogP contribution in [0.2, 0.25) is 0 Å². The van der Waals surface area contributed by atoms with Gasteiger partial charge < -0.3 is 9.47 Å². The zero-order valence-corrected chi connectivity index (χ0v) is 18.0. The largest absolute Gasteiger partial charge is 0.378 e. The Bertz CT molecular complexity index is 492. The van der Waals surface area contributed by atoms with Crippen LogP contribution in [-0.4, -0.2) is 43.4 Å². The average Bonchev–Trinajstić information content (AvgIpc) is 2.72. The van der Waals surface area contributed by atoms with Gasteiger partial charge in [-0.05, 0) is 56.8 Å². The van der Waals surface area contributed by atoms with Gasteiger partial charge >= 0.3 is 6.11 Å². The Balaban J connectivity index is 1.40. The van der Waals surface area contributed by atoms with E-state index in [2.05, 4.69) is 6.92 Å². The molecule has 3 fully saturated rings. The highest BCUT2D eigenvalue weighted by molar-refractivity contribution is 4.89. The van der Waals surface area contributed by atoms with Gasteiger partial charge in [0.25, 0.3) is 0 Å². The molecule has 2 nitrogen and oxygen atoms in total. The number of halogens is 5. The molecule has 0 amide bonds. The molecule has 1 aliphatic heterocycles. The first-order valence-electron chi connectivity index (χ1n) is 11.9. The van der Waals surface area contributed by atoms with Crippen LogP contribution in [0.5, 0.6) is 0 Å². The minimum Gasteiger partial charge on any atom is -0.378 e. The number of hydrogen-bond acceptors (Lipinski definition) is 2. The molecule has 0 bridgehead atoms. The maximum absolute atomic E-state index is 14.6. The molecular weight excluding hydrogens is 403 g/mol. The second-order valence-electron chi connectivity index (χ2n) is 9.67. The number of unbranched alkanes of at least 4 members (excludes halogenated alkanes) is 2. The van der Waals surface area contributed by atoms with Crippen molar-refractivity contribution in [1.82, 2.24) is 0 Å². The molecule has 0 N–H and O–H groups in total. The van der Waals surface area contributed by atoms with Gasteiger partial charge in [-0.2, -0.15) is 8.78 Å². The first kappa shape index (κ1) is 24.2. The molecule has 1 heterocycles. The molecule has 2 aliphatic carbocycles. The van der Waals surface area contributed by atoms with Crippen LogP contribution in [0.25, 0.3) is 0 Å². The predicted molar refractivity (Wildman–Crippen MR) is 106 cm³/mol. The van der Waals surface area contributed by atoms with E-state index in [1.165, 1.54) is 25.7 Å². The SMILES string of the molecule is CCCCCC1CCC(C2CCC(C(F)(F)OC3CC(F)C(F)C(F)C3)CC2)OC1. The summed E-state index contributed by atoms with van der Waals surface area (Å²) in [4.78, 5) is 0. The quantitative estimate of drug-likeness (QED) is 0.300. The van der Waals surface area contributed by atoms with Gasteiger partial charge in [-0.1, -0.05) is 26.2 Å².